The number of nitro benzene ring substituents is 1. The third-order valence-electron chi connectivity index (χ3n) is 2.18. The van der Waals surface area contributed by atoms with Gasteiger partial charge in [0.25, 0.3) is 0 Å². The van der Waals surface area contributed by atoms with E-state index in [1.165, 1.54) is 30.3 Å². The smallest absolute Gasteiger partial charge is 0.311 e. The van der Waals surface area contributed by atoms with Gasteiger partial charge >= 0.3 is 5.69 Å². The summed E-state index contributed by atoms with van der Waals surface area (Å²) in [5, 5.41) is 10.8. The van der Waals surface area contributed by atoms with E-state index in [0.29, 0.717) is 4.47 Å². The molecule has 2 aromatic carbocycles. The minimum Gasteiger partial charge on any atom is -0.449 e. The van der Waals surface area contributed by atoms with E-state index in [4.69, 9.17) is 4.74 Å². The molecule has 0 heterocycles. The summed E-state index contributed by atoms with van der Waals surface area (Å²) < 4.78 is 18.9. The molecule has 2 rings (SSSR count). The Hall–Kier alpha value is -1.95. The first kappa shape index (κ1) is 12.5. The molecule has 0 atom stereocenters. The Bertz CT molecular complexity index is 604. The van der Waals surface area contributed by atoms with Crippen molar-refractivity contribution in [2.75, 3.05) is 0 Å². The molecule has 0 fully saturated rings. The molecule has 0 N–H and O–H groups in total. The van der Waals surface area contributed by atoms with Crippen molar-refractivity contribution < 1.29 is 14.1 Å². The van der Waals surface area contributed by atoms with Crippen molar-refractivity contribution in [3.8, 4) is 11.5 Å². The van der Waals surface area contributed by atoms with Crippen LogP contribution < -0.4 is 4.74 Å². The monoisotopic (exact) mass is 311 g/mol. The van der Waals surface area contributed by atoms with Crippen molar-refractivity contribution in [3.63, 3.8) is 0 Å². The molecular formula is C12H7BrFNO3. The third kappa shape index (κ3) is 2.65. The largest absolute Gasteiger partial charge is 0.449 e. The van der Waals surface area contributed by atoms with Gasteiger partial charge in [-0.3, -0.25) is 10.1 Å². The van der Waals surface area contributed by atoms with Gasteiger partial charge in [0.15, 0.2) is 0 Å². The van der Waals surface area contributed by atoms with Crippen LogP contribution in [-0.4, -0.2) is 4.92 Å². The summed E-state index contributed by atoms with van der Waals surface area (Å²) in [6.07, 6.45) is 0. The Labute approximate surface area is 110 Å². The number of hydrogen-bond donors (Lipinski definition) is 0. The van der Waals surface area contributed by atoms with E-state index in [2.05, 4.69) is 15.9 Å². The molecule has 0 aliphatic rings. The average molecular weight is 312 g/mol. The molecule has 0 aliphatic heterocycles. The first-order valence-electron chi connectivity index (χ1n) is 4.94. The van der Waals surface area contributed by atoms with Crippen LogP contribution in [0.3, 0.4) is 0 Å². The normalized spacial score (nSPS) is 10.1. The van der Waals surface area contributed by atoms with E-state index in [9.17, 15) is 14.5 Å². The van der Waals surface area contributed by atoms with Gasteiger partial charge in [-0.1, -0.05) is 12.1 Å². The summed E-state index contributed by atoms with van der Waals surface area (Å²) in [6, 6.07) is 9.80. The number of ether oxygens (including phenoxy) is 1. The maximum Gasteiger partial charge on any atom is 0.311 e. The number of para-hydroxylation sites is 2. The summed E-state index contributed by atoms with van der Waals surface area (Å²) in [6.45, 7) is 0. The molecule has 0 saturated carbocycles. The fourth-order valence-electron chi connectivity index (χ4n) is 1.37. The lowest BCUT2D eigenvalue weighted by atomic mass is 10.3. The zero-order valence-electron chi connectivity index (χ0n) is 8.97. The van der Waals surface area contributed by atoms with Crippen LogP contribution in [-0.2, 0) is 0 Å². The van der Waals surface area contributed by atoms with Crippen LogP contribution in [0.5, 0.6) is 11.5 Å². The number of halogens is 2. The zero-order valence-corrected chi connectivity index (χ0v) is 10.6. The van der Waals surface area contributed by atoms with Gasteiger partial charge in [-0.25, -0.2) is 4.39 Å². The Kier molecular flexibility index (Phi) is 3.57. The Morgan fingerprint density at radius 2 is 1.89 bits per heavy atom. The van der Waals surface area contributed by atoms with Gasteiger partial charge < -0.3 is 4.74 Å². The molecule has 4 nitrogen and oxygen atoms in total. The highest BCUT2D eigenvalue weighted by Crippen LogP contribution is 2.34. The minimum atomic E-state index is -0.553. The molecule has 6 heteroatoms. The molecule has 0 saturated heterocycles. The Morgan fingerprint density at radius 1 is 1.17 bits per heavy atom. The second-order valence-corrected chi connectivity index (χ2v) is 4.26. The van der Waals surface area contributed by atoms with Crippen molar-refractivity contribution in [2.24, 2.45) is 0 Å². The highest BCUT2D eigenvalue weighted by molar-refractivity contribution is 9.10. The summed E-state index contributed by atoms with van der Waals surface area (Å²) in [5.74, 6) is -0.232. The summed E-state index contributed by atoms with van der Waals surface area (Å²) in [7, 11) is 0. The fraction of sp³-hybridized carbons (Fsp3) is 0. The second kappa shape index (κ2) is 5.14. The van der Waals surface area contributed by atoms with Crippen molar-refractivity contribution >= 4 is 21.6 Å². The van der Waals surface area contributed by atoms with Gasteiger partial charge in [0, 0.05) is 12.1 Å². The Balaban J connectivity index is 2.40. The molecule has 0 unspecified atom stereocenters. The van der Waals surface area contributed by atoms with Crippen LogP contribution in [0, 0.1) is 15.9 Å². The quantitative estimate of drug-likeness (QED) is 0.627. The predicted octanol–water partition coefficient (Wildman–Crippen LogP) is 4.29. The number of hydrogen-bond acceptors (Lipinski definition) is 3. The van der Waals surface area contributed by atoms with E-state index < -0.39 is 10.7 Å². The number of rotatable bonds is 3. The van der Waals surface area contributed by atoms with Crippen LogP contribution >= 0.6 is 15.9 Å². The van der Waals surface area contributed by atoms with Gasteiger partial charge in [-0.15, -0.1) is 0 Å². The van der Waals surface area contributed by atoms with Gasteiger partial charge in [-0.05, 0) is 34.1 Å². The maximum absolute atomic E-state index is 13.1. The lowest BCUT2D eigenvalue weighted by molar-refractivity contribution is -0.385. The van der Waals surface area contributed by atoms with E-state index >= 15 is 0 Å². The van der Waals surface area contributed by atoms with E-state index in [0.717, 1.165) is 6.07 Å². The van der Waals surface area contributed by atoms with Crippen molar-refractivity contribution in [2.45, 2.75) is 0 Å². The molecule has 92 valence electrons. The van der Waals surface area contributed by atoms with E-state index in [1.54, 1.807) is 6.07 Å². The summed E-state index contributed by atoms with van der Waals surface area (Å²) in [4.78, 5) is 10.3. The molecule has 0 bridgehead atoms. The van der Waals surface area contributed by atoms with Crippen LogP contribution in [0.1, 0.15) is 0 Å². The van der Waals surface area contributed by atoms with Gasteiger partial charge in [-0.2, -0.15) is 0 Å². The van der Waals surface area contributed by atoms with Crippen LogP contribution in [0.4, 0.5) is 10.1 Å². The zero-order chi connectivity index (χ0) is 13.1. The molecule has 0 spiro atoms. The molecular weight excluding hydrogens is 305 g/mol. The molecule has 2 aromatic rings. The lowest BCUT2D eigenvalue weighted by Crippen LogP contribution is -1.93. The van der Waals surface area contributed by atoms with Gasteiger partial charge in [0.1, 0.15) is 11.6 Å². The lowest BCUT2D eigenvalue weighted by Gasteiger charge is -2.07. The molecule has 18 heavy (non-hydrogen) atoms. The van der Waals surface area contributed by atoms with E-state index in [1.807, 2.05) is 0 Å². The van der Waals surface area contributed by atoms with Crippen molar-refractivity contribution in [1.82, 2.24) is 0 Å². The first-order valence-corrected chi connectivity index (χ1v) is 5.73. The number of nitro groups is 1. The Morgan fingerprint density at radius 3 is 2.61 bits per heavy atom. The molecule has 0 aliphatic carbocycles. The van der Waals surface area contributed by atoms with Crippen LogP contribution in [0.2, 0.25) is 0 Å². The predicted molar refractivity (Wildman–Crippen MR) is 67.3 cm³/mol. The molecule has 0 radical (unpaired) electrons. The van der Waals surface area contributed by atoms with Crippen LogP contribution in [0.25, 0.3) is 0 Å². The number of nitrogens with zero attached hydrogens (tertiary/aromatic N) is 1. The topological polar surface area (TPSA) is 52.4 Å². The number of benzene rings is 2. The first-order chi connectivity index (χ1) is 8.58. The van der Waals surface area contributed by atoms with Crippen molar-refractivity contribution in [1.29, 1.82) is 0 Å². The van der Waals surface area contributed by atoms with Crippen molar-refractivity contribution in [3.05, 3.63) is 62.9 Å². The minimum absolute atomic E-state index is 0.0637. The standard InChI is InChI=1S/C12H7BrFNO3/c13-9-6-5-8(14)7-12(9)18-11-4-2-1-3-10(11)15(16)17/h1-7H. The average Bonchev–Trinajstić information content (AvgIpc) is 2.34. The molecule has 0 amide bonds. The maximum atomic E-state index is 13.1. The fourth-order valence-corrected chi connectivity index (χ4v) is 1.70. The highest BCUT2D eigenvalue weighted by atomic mass is 79.9. The van der Waals surface area contributed by atoms with Gasteiger partial charge in [0.2, 0.25) is 5.75 Å². The summed E-state index contributed by atoms with van der Waals surface area (Å²) in [5.41, 5.74) is -0.173. The highest BCUT2D eigenvalue weighted by Gasteiger charge is 2.15. The second-order valence-electron chi connectivity index (χ2n) is 3.40. The van der Waals surface area contributed by atoms with E-state index in [-0.39, 0.29) is 17.2 Å². The van der Waals surface area contributed by atoms with Gasteiger partial charge in [0.05, 0.1) is 9.40 Å². The summed E-state index contributed by atoms with van der Waals surface area (Å²) >= 11 is 3.19. The molecule has 0 aromatic heterocycles. The third-order valence-corrected chi connectivity index (χ3v) is 2.83. The van der Waals surface area contributed by atoms with Crippen LogP contribution in [0.15, 0.2) is 46.9 Å². The SMILES string of the molecule is O=[N+]([O-])c1ccccc1Oc1cc(F)ccc1Br.